The Bertz CT molecular complexity index is 783. The zero-order valence-corrected chi connectivity index (χ0v) is 16.1. The summed E-state index contributed by atoms with van der Waals surface area (Å²) in [4.78, 5) is 22.6. The number of ether oxygens (including phenoxy) is 2. The maximum Gasteiger partial charge on any atom is 0.330 e. The third-order valence-corrected chi connectivity index (χ3v) is 3.74. The number of esters is 2. The van der Waals surface area contributed by atoms with E-state index in [1.807, 2.05) is 60.7 Å². The second-order valence-electron chi connectivity index (χ2n) is 5.84. The van der Waals surface area contributed by atoms with Crippen LogP contribution in [0.4, 0.5) is 0 Å². The van der Waals surface area contributed by atoms with Gasteiger partial charge in [0.2, 0.25) is 0 Å². The van der Waals surface area contributed by atoms with Crippen LogP contribution in [0.25, 0.3) is 24.3 Å². The van der Waals surface area contributed by atoms with Gasteiger partial charge in [-0.3, -0.25) is 0 Å². The number of carbonyl (C=O) groups excluding carboxylic acids is 2. The Morgan fingerprint density at radius 2 is 0.893 bits per heavy atom. The van der Waals surface area contributed by atoms with E-state index in [0.717, 1.165) is 22.3 Å². The van der Waals surface area contributed by atoms with Crippen LogP contribution < -0.4 is 0 Å². The van der Waals surface area contributed by atoms with Crippen molar-refractivity contribution in [3.05, 3.63) is 82.9 Å². The van der Waals surface area contributed by atoms with Crippen molar-refractivity contribution in [3.63, 3.8) is 0 Å². The van der Waals surface area contributed by atoms with E-state index in [1.54, 1.807) is 26.0 Å². The van der Waals surface area contributed by atoms with Gasteiger partial charge in [0.05, 0.1) is 13.2 Å². The summed E-state index contributed by atoms with van der Waals surface area (Å²) in [5, 5.41) is 0. The number of hydrogen-bond acceptors (Lipinski definition) is 4. The van der Waals surface area contributed by atoms with Gasteiger partial charge in [-0.05, 0) is 48.3 Å². The quantitative estimate of drug-likeness (QED) is 0.369. The van der Waals surface area contributed by atoms with E-state index >= 15 is 0 Å². The Morgan fingerprint density at radius 3 is 1.18 bits per heavy atom. The van der Waals surface area contributed by atoms with Gasteiger partial charge in [-0.2, -0.15) is 0 Å². The van der Waals surface area contributed by atoms with E-state index < -0.39 is 0 Å². The van der Waals surface area contributed by atoms with Crippen LogP contribution in [-0.2, 0) is 19.1 Å². The summed E-state index contributed by atoms with van der Waals surface area (Å²) in [5.41, 5.74) is 3.98. The molecule has 2 aromatic carbocycles. The van der Waals surface area contributed by atoms with Crippen LogP contribution in [0.1, 0.15) is 36.1 Å². The van der Waals surface area contributed by atoms with Crippen LogP contribution in [0.2, 0.25) is 0 Å². The topological polar surface area (TPSA) is 52.6 Å². The van der Waals surface area contributed by atoms with Crippen molar-refractivity contribution in [2.24, 2.45) is 0 Å². The fourth-order valence-corrected chi connectivity index (χ4v) is 2.34. The molecule has 2 rings (SSSR count). The molecular weight excluding hydrogens is 352 g/mol. The van der Waals surface area contributed by atoms with Crippen molar-refractivity contribution < 1.29 is 19.1 Å². The highest BCUT2D eigenvalue weighted by atomic mass is 16.5. The molecule has 0 aromatic heterocycles. The molecule has 0 heterocycles. The molecule has 2 aromatic rings. The standard InChI is InChI=1S/C24H24O4/c1-3-27-23(25)17-15-21-11-7-19(8-12-21)5-6-20-9-13-22(14-10-20)16-18-24(26)28-4-2/h5-18H,3-4H2,1-2H3/b6-5-,17-15+,18-16+. The molecule has 0 spiro atoms. The van der Waals surface area contributed by atoms with Gasteiger partial charge < -0.3 is 9.47 Å². The number of carbonyl (C=O) groups is 2. The summed E-state index contributed by atoms with van der Waals surface area (Å²) in [6, 6.07) is 15.7. The van der Waals surface area contributed by atoms with E-state index in [1.165, 1.54) is 12.2 Å². The molecule has 0 saturated carbocycles. The predicted molar refractivity (Wildman–Crippen MR) is 113 cm³/mol. The fraction of sp³-hybridized carbons (Fsp3) is 0.167. The highest BCUT2D eigenvalue weighted by molar-refractivity contribution is 5.87. The summed E-state index contributed by atoms with van der Waals surface area (Å²) in [6.45, 7) is 4.30. The maximum atomic E-state index is 11.3. The molecule has 4 nitrogen and oxygen atoms in total. The summed E-state index contributed by atoms with van der Waals surface area (Å²) < 4.78 is 9.71. The lowest BCUT2D eigenvalue weighted by Gasteiger charge is -1.99. The Hall–Kier alpha value is -3.40. The second kappa shape index (κ2) is 11.3. The van der Waals surface area contributed by atoms with E-state index in [9.17, 15) is 9.59 Å². The summed E-state index contributed by atoms with van der Waals surface area (Å²) >= 11 is 0. The van der Waals surface area contributed by atoms with Crippen molar-refractivity contribution in [1.29, 1.82) is 0 Å². The molecule has 0 fully saturated rings. The molecule has 28 heavy (non-hydrogen) atoms. The zero-order chi connectivity index (χ0) is 20.2. The van der Waals surface area contributed by atoms with Crippen LogP contribution in [0.3, 0.4) is 0 Å². The van der Waals surface area contributed by atoms with E-state index in [4.69, 9.17) is 9.47 Å². The van der Waals surface area contributed by atoms with Crippen molar-refractivity contribution >= 4 is 36.2 Å². The molecule has 0 atom stereocenters. The zero-order valence-electron chi connectivity index (χ0n) is 16.1. The lowest BCUT2D eigenvalue weighted by Crippen LogP contribution is -1.98. The van der Waals surface area contributed by atoms with Gasteiger partial charge in [-0.15, -0.1) is 0 Å². The molecule has 0 aliphatic rings. The first-order valence-corrected chi connectivity index (χ1v) is 9.18. The van der Waals surface area contributed by atoms with E-state index in [0.29, 0.717) is 13.2 Å². The van der Waals surface area contributed by atoms with Gasteiger partial charge in [-0.1, -0.05) is 60.7 Å². The van der Waals surface area contributed by atoms with Gasteiger partial charge in [0.25, 0.3) is 0 Å². The van der Waals surface area contributed by atoms with Crippen LogP contribution in [0, 0.1) is 0 Å². The molecule has 0 aliphatic heterocycles. The Labute approximate surface area is 165 Å². The average molecular weight is 376 g/mol. The van der Waals surface area contributed by atoms with Crippen molar-refractivity contribution in [2.75, 3.05) is 13.2 Å². The average Bonchev–Trinajstić information content (AvgIpc) is 2.71. The van der Waals surface area contributed by atoms with Crippen molar-refractivity contribution in [3.8, 4) is 0 Å². The summed E-state index contributed by atoms with van der Waals surface area (Å²) in [6.07, 6.45) is 10.3. The van der Waals surface area contributed by atoms with E-state index in [2.05, 4.69) is 0 Å². The molecule has 144 valence electrons. The monoisotopic (exact) mass is 376 g/mol. The predicted octanol–water partition coefficient (Wildman–Crippen LogP) is 5.01. The molecule has 0 bridgehead atoms. The minimum Gasteiger partial charge on any atom is -0.463 e. The smallest absolute Gasteiger partial charge is 0.330 e. The SMILES string of the molecule is CCOC(=O)/C=C/c1ccc(/C=C\c2ccc(/C=C/C(=O)OCC)cc2)cc1. The van der Waals surface area contributed by atoms with Gasteiger partial charge in [0, 0.05) is 12.2 Å². The Kier molecular flexibility index (Phi) is 8.47. The first kappa shape index (κ1) is 20.9. The highest BCUT2D eigenvalue weighted by Crippen LogP contribution is 2.12. The lowest BCUT2D eigenvalue weighted by molar-refractivity contribution is -0.138. The number of rotatable bonds is 8. The summed E-state index contributed by atoms with van der Waals surface area (Å²) in [5.74, 6) is -0.681. The normalized spacial score (nSPS) is 11.4. The number of hydrogen-bond donors (Lipinski definition) is 0. The number of benzene rings is 2. The van der Waals surface area contributed by atoms with Gasteiger partial charge >= 0.3 is 11.9 Å². The molecular formula is C24H24O4. The highest BCUT2D eigenvalue weighted by Gasteiger charge is 1.96. The third kappa shape index (κ3) is 7.46. The lowest BCUT2D eigenvalue weighted by atomic mass is 10.1. The van der Waals surface area contributed by atoms with Crippen LogP contribution in [0.5, 0.6) is 0 Å². The fourth-order valence-electron chi connectivity index (χ4n) is 2.34. The summed E-state index contributed by atoms with van der Waals surface area (Å²) in [7, 11) is 0. The molecule has 0 radical (unpaired) electrons. The minimum atomic E-state index is -0.341. The molecule has 0 saturated heterocycles. The minimum absolute atomic E-state index is 0.341. The van der Waals surface area contributed by atoms with Gasteiger partial charge in [-0.25, -0.2) is 9.59 Å². The van der Waals surface area contributed by atoms with E-state index in [-0.39, 0.29) is 11.9 Å². The maximum absolute atomic E-state index is 11.3. The van der Waals surface area contributed by atoms with Crippen LogP contribution in [0.15, 0.2) is 60.7 Å². The van der Waals surface area contributed by atoms with Crippen molar-refractivity contribution in [2.45, 2.75) is 13.8 Å². The molecule has 0 amide bonds. The third-order valence-electron chi connectivity index (χ3n) is 3.74. The Balaban J connectivity index is 1.94. The van der Waals surface area contributed by atoms with Crippen molar-refractivity contribution in [1.82, 2.24) is 0 Å². The van der Waals surface area contributed by atoms with Gasteiger partial charge in [0.15, 0.2) is 0 Å². The second-order valence-corrected chi connectivity index (χ2v) is 5.84. The molecule has 0 unspecified atom stereocenters. The Morgan fingerprint density at radius 1 is 0.607 bits per heavy atom. The molecule has 0 aliphatic carbocycles. The van der Waals surface area contributed by atoms with Gasteiger partial charge in [0.1, 0.15) is 0 Å². The molecule has 0 N–H and O–H groups in total. The van der Waals surface area contributed by atoms with Crippen LogP contribution >= 0.6 is 0 Å². The molecule has 4 heteroatoms. The first-order chi connectivity index (χ1) is 13.6. The first-order valence-electron chi connectivity index (χ1n) is 9.18. The largest absolute Gasteiger partial charge is 0.463 e. The van der Waals surface area contributed by atoms with Crippen LogP contribution in [-0.4, -0.2) is 25.2 Å².